The smallest absolute Gasteiger partial charge is 0.407 e. The summed E-state index contributed by atoms with van der Waals surface area (Å²) in [6.07, 6.45) is 1.32. The molecular formula is C23H35NO5. The quantitative estimate of drug-likeness (QED) is 0.465. The molecule has 0 saturated carbocycles. The number of benzene rings is 1. The molecule has 0 unspecified atom stereocenters. The number of ketones is 1. The minimum atomic E-state index is -0.557. The summed E-state index contributed by atoms with van der Waals surface area (Å²) in [6, 6.07) is 8.11. The van der Waals surface area contributed by atoms with Crippen molar-refractivity contribution in [1.29, 1.82) is 0 Å². The van der Waals surface area contributed by atoms with Crippen LogP contribution in [0.1, 0.15) is 58.1 Å². The summed E-state index contributed by atoms with van der Waals surface area (Å²) in [7, 11) is 1.33. The number of rotatable bonds is 10. The van der Waals surface area contributed by atoms with Gasteiger partial charge in [0.15, 0.2) is 0 Å². The number of amides is 1. The molecule has 0 fully saturated rings. The van der Waals surface area contributed by atoms with Crippen LogP contribution in [0.15, 0.2) is 24.3 Å². The highest BCUT2D eigenvalue weighted by Gasteiger charge is 2.25. The van der Waals surface area contributed by atoms with E-state index in [-0.39, 0.29) is 18.1 Å². The SMILES string of the molecule is COC(=O)[C@H](CCCNC(=O)OC(C)(C)C)CC(=O)[C@@H](C)Cc1ccc(C)cc1. The fourth-order valence-corrected chi connectivity index (χ4v) is 2.96. The predicted octanol–water partition coefficient (Wildman–Crippen LogP) is 4.23. The van der Waals surface area contributed by atoms with E-state index in [0.717, 1.165) is 5.56 Å². The van der Waals surface area contributed by atoms with Crippen LogP contribution in [0.5, 0.6) is 0 Å². The zero-order valence-electron chi connectivity index (χ0n) is 18.5. The van der Waals surface area contributed by atoms with E-state index in [9.17, 15) is 14.4 Å². The van der Waals surface area contributed by atoms with Gasteiger partial charge in [0.1, 0.15) is 11.4 Å². The monoisotopic (exact) mass is 405 g/mol. The lowest BCUT2D eigenvalue weighted by atomic mass is 9.89. The Morgan fingerprint density at radius 3 is 2.28 bits per heavy atom. The maximum atomic E-state index is 12.6. The minimum absolute atomic E-state index is 0.0427. The third-order valence-electron chi connectivity index (χ3n) is 4.59. The van der Waals surface area contributed by atoms with Crippen LogP contribution < -0.4 is 5.32 Å². The van der Waals surface area contributed by atoms with Gasteiger partial charge in [-0.05, 0) is 52.5 Å². The summed E-state index contributed by atoms with van der Waals surface area (Å²) in [5, 5.41) is 2.67. The number of methoxy groups -OCH3 is 1. The summed E-state index contributed by atoms with van der Waals surface area (Å²) >= 11 is 0. The zero-order valence-corrected chi connectivity index (χ0v) is 18.5. The van der Waals surface area contributed by atoms with Crippen LogP contribution in [0.3, 0.4) is 0 Å². The molecule has 0 bridgehead atoms. The molecule has 6 nitrogen and oxygen atoms in total. The molecule has 0 aromatic heterocycles. The number of hydrogen-bond acceptors (Lipinski definition) is 5. The van der Waals surface area contributed by atoms with Crippen LogP contribution >= 0.6 is 0 Å². The van der Waals surface area contributed by atoms with E-state index in [1.807, 2.05) is 38.1 Å². The third kappa shape index (κ3) is 10.1. The molecule has 162 valence electrons. The van der Waals surface area contributed by atoms with E-state index in [0.29, 0.717) is 25.8 Å². The summed E-state index contributed by atoms with van der Waals surface area (Å²) in [4.78, 5) is 36.4. The number of carbonyl (C=O) groups is 3. The Bertz CT molecular complexity index is 676. The molecule has 1 amide bonds. The van der Waals surface area contributed by atoms with E-state index in [4.69, 9.17) is 9.47 Å². The number of Topliss-reactive ketones (excluding diaryl/α,β-unsaturated/α-hetero) is 1. The van der Waals surface area contributed by atoms with E-state index >= 15 is 0 Å². The molecule has 0 aliphatic carbocycles. The van der Waals surface area contributed by atoms with Crippen LogP contribution in [0.25, 0.3) is 0 Å². The van der Waals surface area contributed by atoms with E-state index in [2.05, 4.69) is 5.32 Å². The molecule has 0 aliphatic heterocycles. The van der Waals surface area contributed by atoms with Crippen molar-refractivity contribution >= 4 is 17.8 Å². The Morgan fingerprint density at radius 2 is 1.72 bits per heavy atom. The van der Waals surface area contributed by atoms with Crippen LogP contribution in [0, 0.1) is 18.8 Å². The summed E-state index contributed by atoms with van der Waals surface area (Å²) in [5.74, 6) is -1.03. The molecule has 1 aromatic carbocycles. The van der Waals surface area contributed by atoms with Gasteiger partial charge in [-0.2, -0.15) is 0 Å². The van der Waals surface area contributed by atoms with Gasteiger partial charge in [-0.15, -0.1) is 0 Å². The summed E-state index contributed by atoms with van der Waals surface area (Å²) in [6.45, 7) is 9.67. The predicted molar refractivity (Wildman–Crippen MR) is 113 cm³/mol. The van der Waals surface area contributed by atoms with Gasteiger partial charge in [0, 0.05) is 18.9 Å². The number of nitrogens with one attached hydrogen (secondary N) is 1. The molecule has 0 heterocycles. The molecule has 0 radical (unpaired) electrons. The van der Waals surface area contributed by atoms with Crippen molar-refractivity contribution in [2.75, 3.05) is 13.7 Å². The highest BCUT2D eigenvalue weighted by Crippen LogP contribution is 2.19. The van der Waals surface area contributed by atoms with E-state index in [1.54, 1.807) is 20.8 Å². The Balaban J connectivity index is 2.51. The summed E-state index contributed by atoms with van der Waals surface area (Å²) < 4.78 is 10.0. The van der Waals surface area contributed by atoms with Crippen molar-refractivity contribution in [3.05, 3.63) is 35.4 Å². The largest absolute Gasteiger partial charge is 0.469 e. The lowest BCUT2D eigenvalue weighted by Crippen LogP contribution is -2.33. The van der Waals surface area contributed by atoms with E-state index < -0.39 is 23.6 Å². The molecular weight excluding hydrogens is 370 g/mol. The van der Waals surface area contributed by atoms with Gasteiger partial charge < -0.3 is 14.8 Å². The van der Waals surface area contributed by atoms with Crippen molar-refractivity contribution in [2.45, 2.75) is 65.9 Å². The number of alkyl carbamates (subject to hydrolysis) is 1. The van der Waals surface area contributed by atoms with Crippen LogP contribution in [-0.4, -0.2) is 37.1 Å². The second kappa shape index (κ2) is 11.6. The average molecular weight is 406 g/mol. The highest BCUT2D eigenvalue weighted by molar-refractivity contribution is 5.86. The molecule has 1 rings (SSSR count). The van der Waals surface area contributed by atoms with Gasteiger partial charge in [0.2, 0.25) is 0 Å². The Morgan fingerprint density at radius 1 is 1.10 bits per heavy atom. The van der Waals surface area contributed by atoms with Gasteiger partial charge in [0.05, 0.1) is 13.0 Å². The molecule has 1 N–H and O–H groups in total. The maximum Gasteiger partial charge on any atom is 0.407 e. The summed E-state index contributed by atoms with van der Waals surface area (Å²) in [5.41, 5.74) is 1.73. The van der Waals surface area contributed by atoms with Crippen LogP contribution in [0.2, 0.25) is 0 Å². The first-order chi connectivity index (χ1) is 13.5. The van der Waals surface area contributed by atoms with Crippen molar-refractivity contribution in [3.63, 3.8) is 0 Å². The topological polar surface area (TPSA) is 81.7 Å². The molecule has 29 heavy (non-hydrogen) atoms. The number of esters is 1. The number of hydrogen-bond donors (Lipinski definition) is 1. The van der Waals surface area contributed by atoms with Gasteiger partial charge in [0.25, 0.3) is 0 Å². The molecule has 0 saturated heterocycles. The Labute approximate surface area is 174 Å². The van der Waals surface area contributed by atoms with Crippen LogP contribution in [0.4, 0.5) is 4.79 Å². The molecule has 6 heteroatoms. The van der Waals surface area contributed by atoms with Gasteiger partial charge in [-0.1, -0.05) is 36.8 Å². The minimum Gasteiger partial charge on any atom is -0.469 e. The molecule has 0 spiro atoms. The highest BCUT2D eigenvalue weighted by atomic mass is 16.6. The third-order valence-corrected chi connectivity index (χ3v) is 4.59. The molecule has 1 aromatic rings. The van der Waals surface area contributed by atoms with Crippen molar-refractivity contribution < 1.29 is 23.9 Å². The lowest BCUT2D eigenvalue weighted by Gasteiger charge is -2.20. The van der Waals surface area contributed by atoms with Gasteiger partial charge in [-0.25, -0.2) is 4.79 Å². The second-order valence-electron chi connectivity index (χ2n) is 8.55. The molecule has 2 atom stereocenters. The first kappa shape index (κ1) is 24.7. The van der Waals surface area contributed by atoms with Gasteiger partial charge in [-0.3, -0.25) is 9.59 Å². The Kier molecular flexibility index (Phi) is 9.86. The van der Waals surface area contributed by atoms with Crippen LogP contribution in [-0.2, 0) is 25.5 Å². The average Bonchev–Trinajstić information content (AvgIpc) is 2.63. The normalized spacial score (nSPS) is 13.3. The standard InChI is InChI=1S/C23H35NO5/c1-16-9-11-18(12-10-16)14-17(2)20(25)15-19(21(26)28-6)8-7-13-24-22(27)29-23(3,4)5/h9-12,17,19H,7-8,13-15H2,1-6H3,(H,24,27)/t17-,19+/m0/s1. The first-order valence-electron chi connectivity index (χ1n) is 10.1. The van der Waals surface area contributed by atoms with Crippen molar-refractivity contribution in [1.82, 2.24) is 5.32 Å². The second-order valence-corrected chi connectivity index (χ2v) is 8.55. The fraction of sp³-hybridized carbons (Fsp3) is 0.609. The fourth-order valence-electron chi connectivity index (χ4n) is 2.96. The number of carbonyl (C=O) groups excluding carboxylic acids is 3. The number of aryl methyl sites for hydroxylation is 1. The number of ether oxygens (including phenoxy) is 2. The Hall–Kier alpha value is -2.37. The van der Waals surface area contributed by atoms with Gasteiger partial charge >= 0.3 is 12.1 Å². The first-order valence-corrected chi connectivity index (χ1v) is 10.1. The molecule has 0 aliphatic rings. The lowest BCUT2D eigenvalue weighted by molar-refractivity contribution is -0.147. The van der Waals surface area contributed by atoms with E-state index in [1.165, 1.54) is 12.7 Å². The van der Waals surface area contributed by atoms with Crippen molar-refractivity contribution in [3.8, 4) is 0 Å². The van der Waals surface area contributed by atoms with Crippen molar-refractivity contribution in [2.24, 2.45) is 11.8 Å². The maximum absolute atomic E-state index is 12.6. The zero-order chi connectivity index (χ0) is 22.0.